The summed E-state index contributed by atoms with van der Waals surface area (Å²) in [7, 11) is 1.83. The summed E-state index contributed by atoms with van der Waals surface area (Å²) in [4.78, 5) is 10.2. The van der Waals surface area contributed by atoms with Crippen LogP contribution in [0.3, 0.4) is 0 Å². The number of nitrogens with zero attached hydrogens (tertiary/aromatic N) is 3. The van der Waals surface area contributed by atoms with Crippen LogP contribution in [0.4, 0.5) is 0 Å². The summed E-state index contributed by atoms with van der Waals surface area (Å²) in [5.74, 6) is 0.709. The third-order valence-corrected chi connectivity index (χ3v) is 1.75. The third kappa shape index (κ3) is 1.81. The summed E-state index contributed by atoms with van der Waals surface area (Å²) in [5, 5.41) is 16.1. The summed E-state index contributed by atoms with van der Waals surface area (Å²) < 4.78 is 1.79. The lowest BCUT2D eigenvalue weighted by Crippen LogP contribution is -2.03. The average molecular weight is 169 g/mol. The molecule has 1 heterocycles. The van der Waals surface area contributed by atoms with E-state index in [1.165, 1.54) is 0 Å². The first-order valence-electron chi connectivity index (χ1n) is 3.68. The Bertz CT molecular complexity index is 293. The van der Waals surface area contributed by atoms with E-state index in [9.17, 15) is 4.79 Å². The Labute approximate surface area is 70.0 Å². The van der Waals surface area contributed by atoms with Crippen LogP contribution >= 0.6 is 0 Å². The fourth-order valence-corrected chi connectivity index (χ4v) is 0.887. The van der Waals surface area contributed by atoms with Crippen LogP contribution in [0.2, 0.25) is 0 Å². The molecule has 66 valence electrons. The summed E-state index contributed by atoms with van der Waals surface area (Å²) in [6.45, 7) is 1.83. The molecule has 0 aliphatic rings. The van der Waals surface area contributed by atoms with Crippen LogP contribution in [0.1, 0.15) is 18.1 Å². The number of carbonyl (C=O) groups is 1. The summed E-state index contributed by atoms with van der Waals surface area (Å²) in [5.41, 5.74) is 0. The Morgan fingerprint density at radius 2 is 2.25 bits per heavy atom. The molecule has 0 unspecified atom stereocenters. The van der Waals surface area contributed by atoms with Crippen molar-refractivity contribution < 1.29 is 9.90 Å². The van der Waals surface area contributed by atoms with Gasteiger partial charge >= 0.3 is 5.97 Å². The van der Waals surface area contributed by atoms with E-state index >= 15 is 0 Å². The number of carboxylic acid groups (broad SMARTS) is 1. The van der Waals surface area contributed by atoms with Crippen molar-refractivity contribution in [3.05, 3.63) is 11.6 Å². The van der Waals surface area contributed by atoms with Crippen LogP contribution < -0.4 is 0 Å². The molecule has 0 radical (unpaired) electrons. The Kier molecular flexibility index (Phi) is 2.42. The van der Waals surface area contributed by atoms with Gasteiger partial charge in [0, 0.05) is 13.5 Å². The van der Waals surface area contributed by atoms with Gasteiger partial charge in [0.25, 0.3) is 0 Å². The Morgan fingerprint density at radius 1 is 1.58 bits per heavy atom. The maximum absolute atomic E-state index is 10.2. The molecular weight excluding hydrogens is 158 g/mol. The quantitative estimate of drug-likeness (QED) is 0.698. The van der Waals surface area contributed by atoms with Gasteiger partial charge in [-0.2, -0.15) is 0 Å². The highest BCUT2D eigenvalue weighted by molar-refractivity contribution is 5.66. The molecule has 0 bridgehead atoms. The van der Waals surface area contributed by atoms with Gasteiger partial charge in [-0.3, -0.25) is 4.79 Å². The van der Waals surface area contributed by atoms with Crippen molar-refractivity contribution in [2.75, 3.05) is 0 Å². The first kappa shape index (κ1) is 8.70. The van der Waals surface area contributed by atoms with Crippen molar-refractivity contribution >= 4 is 5.97 Å². The van der Waals surface area contributed by atoms with Crippen LogP contribution in [0.5, 0.6) is 0 Å². The highest BCUT2D eigenvalue weighted by Crippen LogP contribution is 2.00. The van der Waals surface area contributed by atoms with Gasteiger partial charge in [-0.15, -0.1) is 10.2 Å². The Balaban J connectivity index is 2.63. The maximum Gasteiger partial charge on any atom is 0.303 e. The van der Waals surface area contributed by atoms with Crippen LogP contribution in [0.15, 0.2) is 0 Å². The first-order valence-corrected chi connectivity index (χ1v) is 3.68. The molecule has 1 aromatic rings. The smallest absolute Gasteiger partial charge is 0.303 e. The molecule has 1 N–H and O–H groups in total. The van der Waals surface area contributed by atoms with Gasteiger partial charge in [0.1, 0.15) is 11.6 Å². The second-order valence-corrected chi connectivity index (χ2v) is 2.62. The Morgan fingerprint density at radius 3 is 2.67 bits per heavy atom. The van der Waals surface area contributed by atoms with Crippen molar-refractivity contribution in [2.24, 2.45) is 7.05 Å². The van der Waals surface area contributed by atoms with Crippen molar-refractivity contribution in [3.63, 3.8) is 0 Å². The second-order valence-electron chi connectivity index (χ2n) is 2.62. The van der Waals surface area contributed by atoms with E-state index in [0.29, 0.717) is 6.42 Å². The molecule has 0 amide bonds. The normalized spacial score (nSPS) is 10.2. The van der Waals surface area contributed by atoms with E-state index in [-0.39, 0.29) is 6.42 Å². The molecule has 0 fully saturated rings. The molecule has 0 aliphatic carbocycles. The zero-order chi connectivity index (χ0) is 9.14. The van der Waals surface area contributed by atoms with E-state index in [0.717, 1.165) is 11.6 Å². The molecule has 0 saturated carbocycles. The molecule has 1 rings (SSSR count). The van der Waals surface area contributed by atoms with Gasteiger partial charge in [-0.05, 0) is 6.92 Å². The molecule has 0 aromatic carbocycles. The minimum absolute atomic E-state index is 0.103. The number of rotatable bonds is 3. The van der Waals surface area contributed by atoms with Gasteiger partial charge in [-0.1, -0.05) is 0 Å². The maximum atomic E-state index is 10.2. The molecule has 1 aromatic heterocycles. The number of aliphatic carboxylic acids is 1. The minimum Gasteiger partial charge on any atom is -0.481 e. The molecule has 12 heavy (non-hydrogen) atoms. The van der Waals surface area contributed by atoms with Crippen LogP contribution in [0, 0.1) is 6.92 Å². The lowest BCUT2D eigenvalue weighted by atomic mass is 10.3. The van der Waals surface area contributed by atoms with Crippen molar-refractivity contribution in [1.29, 1.82) is 0 Å². The van der Waals surface area contributed by atoms with Gasteiger partial charge in [0.05, 0.1) is 6.42 Å². The highest BCUT2D eigenvalue weighted by Gasteiger charge is 2.06. The lowest BCUT2D eigenvalue weighted by Gasteiger charge is -1.97. The molecule has 5 nitrogen and oxygen atoms in total. The molecule has 5 heteroatoms. The molecule has 0 saturated heterocycles. The minimum atomic E-state index is -0.810. The van der Waals surface area contributed by atoms with Crippen molar-refractivity contribution in [2.45, 2.75) is 19.8 Å². The molecule has 0 atom stereocenters. The molecule has 0 spiro atoms. The fourth-order valence-electron chi connectivity index (χ4n) is 0.887. The lowest BCUT2D eigenvalue weighted by molar-refractivity contribution is -0.137. The number of aryl methyl sites for hydroxylation is 2. The third-order valence-electron chi connectivity index (χ3n) is 1.75. The van der Waals surface area contributed by atoms with E-state index in [1.54, 1.807) is 4.57 Å². The van der Waals surface area contributed by atoms with Gasteiger partial charge < -0.3 is 9.67 Å². The Hall–Kier alpha value is -1.39. The van der Waals surface area contributed by atoms with Crippen molar-refractivity contribution in [1.82, 2.24) is 14.8 Å². The predicted molar refractivity (Wildman–Crippen MR) is 41.7 cm³/mol. The number of carboxylic acids is 1. The van der Waals surface area contributed by atoms with Gasteiger partial charge in [-0.25, -0.2) is 0 Å². The second kappa shape index (κ2) is 3.34. The fraction of sp³-hybridized carbons (Fsp3) is 0.571. The average Bonchev–Trinajstić information content (AvgIpc) is 2.30. The summed E-state index contributed by atoms with van der Waals surface area (Å²) in [6.07, 6.45) is 0.540. The SMILES string of the molecule is Cc1nnc(CCC(=O)O)n1C. The van der Waals surface area contributed by atoms with Crippen LogP contribution in [-0.2, 0) is 18.3 Å². The van der Waals surface area contributed by atoms with Gasteiger partial charge in [0.15, 0.2) is 0 Å². The molecular formula is C7H11N3O2. The topological polar surface area (TPSA) is 68.0 Å². The van der Waals surface area contributed by atoms with Crippen molar-refractivity contribution in [3.8, 4) is 0 Å². The largest absolute Gasteiger partial charge is 0.481 e. The van der Waals surface area contributed by atoms with Crippen LogP contribution in [0.25, 0.3) is 0 Å². The zero-order valence-corrected chi connectivity index (χ0v) is 7.11. The first-order chi connectivity index (χ1) is 5.61. The molecule has 0 aliphatic heterocycles. The highest BCUT2D eigenvalue weighted by atomic mass is 16.4. The standard InChI is InChI=1S/C7H11N3O2/c1-5-8-9-6(10(5)2)3-4-7(11)12/h3-4H2,1-2H3,(H,11,12). The van der Waals surface area contributed by atoms with E-state index in [2.05, 4.69) is 10.2 Å². The van der Waals surface area contributed by atoms with Gasteiger partial charge in [0.2, 0.25) is 0 Å². The van der Waals surface area contributed by atoms with E-state index in [1.807, 2.05) is 14.0 Å². The number of hydrogen-bond donors (Lipinski definition) is 1. The van der Waals surface area contributed by atoms with E-state index in [4.69, 9.17) is 5.11 Å². The number of aromatic nitrogens is 3. The zero-order valence-electron chi connectivity index (χ0n) is 7.11. The van der Waals surface area contributed by atoms with E-state index < -0.39 is 5.97 Å². The summed E-state index contributed by atoms with van der Waals surface area (Å²) >= 11 is 0. The predicted octanol–water partition coefficient (Wildman–Crippen LogP) is 0.141. The monoisotopic (exact) mass is 169 g/mol. The summed E-state index contributed by atoms with van der Waals surface area (Å²) in [6, 6.07) is 0. The van der Waals surface area contributed by atoms with Crippen LogP contribution in [-0.4, -0.2) is 25.8 Å². The number of hydrogen-bond acceptors (Lipinski definition) is 3.